The first-order valence-electron chi connectivity index (χ1n) is 6.62. The number of hydrogen-bond acceptors (Lipinski definition) is 3. The standard InChI is InChI=1S/C16H13ClFN3O2/c1-10-6-7-12(17)8-14(10)20-15(22)16(23)21-19-9-11-4-2-3-5-13(11)18/h2-9H,1H3,(H,20,22)(H,21,23). The van der Waals surface area contributed by atoms with Crippen molar-refractivity contribution in [3.05, 3.63) is 64.4 Å². The van der Waals surface area contributed by atoms with Crippen molar-refractivity contribution in [3.8, 4) is 0 Å². The fourth-order valence-corrected chi connectivity index (χ4v) is 1.87. The maximum Gasteiger partial charge on any atom is 0.329 e. The fraction of sp³-hybridized carbons (Fsp3) is 0.0625. The lowest BCUT2D eigenvalue weighted by atomic mass is 10.2. The van der Waals surface area contributed by atoms with Crippen LogP contribution >= 0.6 is 11.6 Å². The number of carbonyl (C=O) groups excluding carboxylic acids is 2. The Hall–Kier alpha value is -2.73. The van der Waals surface area contributed by atoms with Gasteiger partial charge in [0.2, 0.25) is 0 Å². The van der Waals surface area contributed by atoms with Gasteiger partial charge in [-0.1, -0.05) is 35.9 Å². The Balaban J connectivity index is 1.97. The predicted octanol–water partition coefficient (Wildman–Crippen LogP) is 2.88. The van der Waals surface area contributed by atoms with Crippen molar-refractivity contribution in [2.45, 2.75) is 6.92 Å². The van der Waals surface area contributed by atoms with Crippen molar-refractivity contribution in [1.29, 1.82) is 0 Å². The van der Waals surface area contributed by atoms with Crippen LogP contribution in [0.3, 0.4) is 0 Å². The molecule has 0 unspecified atom stereocenters. The molecule has 0 aliphatic carbocycles. The summed E-state index contributed by atoms with van der Waals surface area (Å²) in [6, 6.07) is 10.8. The van der Waals surface area contributed by atoms with E-state index in [9.17, 15) is 14.0 Å². The molecule has 2 aromatic carbocycles. The number of nitrogens with zero attached hydrogens (tertiary/aromatic N) is 1. The molecule has 0 spiro atoms. The van der Waals surface area contributed by atoms with E-state index >= 15 is 0 Å². The van der Waals surface area contributed by atoms with Crippen LogP contribution in [-0.2, 0) is 9.59 Å². The van der Waals surface area contributed by atoms with Gasteiger partial charge in [0.1, 0.15) is 5.82 Å². The smallest absolute Gasteiger partial charge is 0.317 e. The summed E-state index contributed by atoms with van der Waals surface area (Å²) in [5, 5.41) is 6.42. The van der Waals surface area contributed by atoms with E-state index in [1.807, 2.05) is 5.43 Å². The van der Waals surface area contributed by atoms with Crippen LogP contribution in [0.1, 0.15) is 11.1 Å². The summed E-state index contributed by atoms with van der Waals surface area (Å²) in [4.78, 5) is 23.4. The van der Waals surface area contributed by atoms with Gasteiger partial charge < -0.3 is 5.32 Å². The van der Waals surface area contributed by atoms with Crippen LogP contribution in [0.2, 0.25) is 5.02 Å². The topological polar surface area (TPSA) is 70.6 Å². The van der Waals surface area contributed by atoms with Gasteiger partial charge in [-0.25, -0.2) is 9.82 Å². The first-order chi connectivity index (χ1) is 11.0. The summed E-state index contributed by atoms with van der Waals surface area (Å²) in [5.74, 6) is -2.36. The Morgan fingerprint density at radius 3 is 2.65 bits per heavy atom. The molecule has 2 N–H and O–H groups in total. The molecule has 0 fully saturated rings. The minimum Gasteiger partial charge on any atom is -0.317 e. The van der Waals surface area contributed by atoms with Crippen molar-refractivity contribution in [2.24, 2.45) is 5.10 Å². The zero-order valence-electron chi connectivity index (χ0n) is 12.1. The second-order valence-corrected chi connectivity index (χ2v) is 5.07. The molecule has 2 amide bonds. The van der Waals surface area contributed by atoms with Gasteiger partial charge in [0.15, 0.2) is 0 Å². The van der Waals surface area contributed by atoms with E-state index in [2.05, 4.69) is 10.4 Å². The lowest BCUT2D eigenvalue weighted by Crippen LogP contribution is -2.32. The molecule has 0 radical (unpaired) electrons. The van der Waals surface area contributed by atoms with Crippen LogP contribution < -0.4 is 10.7 Å². The Morgan fingerprint density at radius 2 is 1.91 bits per heavy atom. The normalized spacial score (nSPS) is 10.6. The number of benzene rings is 2. The molecular weight excluding hydrogens is 321 g/mol. The molecule has 2 aromatic rings. The number of carbonyl (C=O) groups is 2. The van der Waals surface area contributed by atoms with Gasteiger partial charge >= 0.3 is 11.8 Å². The van der Waals surface area contributed by atoms with Crippen LogP contribution in [-0.4, -0.2) is 18.0 Å². The summed E-state index contributed by atoms with van der Waals surface area (Å²) in [6.45, 7) is 1.76. The maximum atomic E-state index is 13.3. The molecule has 2 rings (SSSR count). The van der Waals surface area contributed by atoms with Gasteiger partial charge in [0.25, 0.3) is 0 Å². The van der Waals surface area contributed by atoms with Crippen LogP contribution in [0.15, 0.2) is 47.6 Å². The van der Waals surface area contributed by atoms with Gasteiger partial charge in [-0.15, -0.1) is 0 Å². The second kappa shape index (κ2) is 7.51. The minimum atomic E-state index is -0.975. The van der Waals surface area contributed by atoms with E-state index in [0.29, 0.717) is 10.7 Å². The van der Waals surface area contributed by atoms with E-state index in [-0.39, 0.29) is 5.56 Å². The van der Waals surface area contributed by atoms with Crippen molar-refractivity contribution in [1.82, 2.24) is 5.43 Å². The van der Waals surface area contributed by atoms with Gasteiger partial charge in [-0.05, 0) is 30.7 Å². The number of halogens is 2. The van der Waals surface area contributed by atoms with E-state index in [0.717, 1.165) is 11.8 Å². The summed E-state index contributed by atoms with van der Waals surface area (Å²) in [6.07, 6.45) is 1.12. The molecule has 0 saturated heterocycles. The van der Waals surface area contributed by atoms with Crippen LogP contribution in [0.5, 0.6) is 0 Å². The highest BCUT2D eigenvalue weighted by molar-refractivity contribution is 6.40. The van der Waals surface area contributed by atoms with E-state index in [4.69, 9.17) is 11.6 Å². The SMILES string of the molecule is Cc1ccc(Cl)cc1NC(=O)C(=O)NN=Cc1ccccc1F. The quantitative estimate of drug-likeness (QED) is 0.515. The minimum absolute atomic E-state index is 0.193. The third-order valence-electron chi connectivity index (χ3n) is 2.93. The van der Waals surface area contributed by atoms with E-state index < -0.39 is 17.6 Å². The summed E-state index contributed by atoms with van der Waals surface area (Å²) >= 11 is 5.84. The first-order valence-corrected chi connectivity index (χ1v) is 7.00. The number of aryl methyl sites for hydroxylation is 1. The molecule has 0 heterocycles. The largest absolute Gasteiger partial charge is 0.329 e. The van der Waals surface area contributed by atoms with Crippen molar-refractivity contribution in [3.63, 3.8) is 0 Å². The highest BCUT2D eigenvalue weighted by Gasteiger charge is 2.14. The second-order valence-electron chi connectivity index (χ2n) is 4.63. The Bertz CT molecular complexity index is 778. The van der Waals surface area contributed by atoms with Crippen molar-refractivity contribution >= 4 is 35.3 Å². The molecule has 118 valence electrons. The average Bonchev–Trinajstić information content (AvgIpc) is 2.52. The third-order valence-corrected chi connectivity index (χ3v) is 3.16. The molecule has 0 aliphatic heterocycles. The predicted molar refractivity (Wildman–Crippen MR) is 87.0 cm³/mol. The molecule has 0 bridgehead atoms. The average molecular weight is 334 g/mol. The molecule has 0 saturated carbocycles. The first kappa shape index (κ1) is 16.6. The number of anilines is 1. The van der Waals surface area contributed by atoms with E-state index in [1.165, 1.54) is 24.3 Å². The lowest BCUT2D eigenvalue weighted by Gasteiger charge is -2.07. The zero-order chi connectivity index (χ0) is 16.8. The van der Waals surface area contributed by atoms with Gasteiger partial charge in [0.05, 0.1) is 6.21 Å². The maximum absolute atomic E-state index is 13.3. The number of amides is 2. The molecule has 0 atom stereocenters. The highest BCUT2D eigenvalue weighted by Crippen LogP contribution is 2.19. The van der Waals surface area contributed by atoms with Gasteiger partial charge in [-0.2, -0.15) is 5.10 Å². The molecule has 7 heteroatoms. The van der Waals surface area contributed by atoms with Crippen LogP contribution in [0.25, 0.3) is 0 Å². The zero-order valence-corrected chi connectivity index (χ0v) is 12.9. The Kier molecular flexibility index (Phi) is 5.43. The van der Waals surface area contributed by atoms with Crippen molar-refractivity contribution in [2.75, 3.05) is 5.32 Å². The Labute approximate surface area is 137 Å². The van der Waals surface area contributed by atoms with Crippen LogP contribution in [0, 0.1) is 12.7 Å². The number of hydrogen-bond donors (Lipinski definition) is 2. The molecule has 23 heavy (non-hydrogen) atoms. The van der Waals surface area contributed by atoms with Crippen LogP contribution in [0.4, 0.5) is 10.1 Å². The van der Waals surface area contributed by atoms with E-state index in [1.54, 1.807) is 25.1 Å². The number of nitrogens with one attached hydrogen (secondary N) is 2. The van der Waals surface area contributed by atoms with Crippen molar-refractivity contribution < 1.29 is 14.0 Å². The number of rotatable bonds is 3. The molecule has 0 aromatic heterocycles. The monoisotopic (exact) mass is 333 g/mol. The van der Waals surface area contributed by atoms with Gasteiger partial charge in [0, 0.05) is 16.3 Å². The fourth-order valence-electron chi connectivity index (χ4n) is 1.70. The third kappa shape index (κ3) is 4.62. The molecule has 0 aliphatic rings. The molecule has 5 nitrogen and oxygen atoms in total. The summed E-state index contributed by atoms with van der Waals surface area (Å²) in [5.41, 5.74) is 3.41. The Morgan fingerprint density at radius 1 is 1.17 bits per heavy atom. The summed E-state index contributed by atoms with van der Waals surface area (Å²) < 4.78 is 13.3. The van der Waals surface area contributed by atoms with Gasteiger partial charge in [-0.3, -0.25) is 9.59 Å². The highest BCUT2D eigenvalue weighted by atomic mass is 35.5. The number of hydrazone groups is 1. The molecular formula is C16H13ClFN3O2. The lowest BCUT2D eigenvalue weighted by molar-refractivity contribution is -0.136. The summed E-state index contributed by atoms with van der Waals surface area (Å²) in [7, 11) is 0.